The first-order valence-electron chi connectivity index (χ1n) is 15.2. The van der Waals surface area contributed by atoms with E-state index in [0.717, 1.165) is 24.8 Å². The van der Waals surface area contributed by atoms with Crippen LogP contribution in [0.5, 0.6) is 0 Å². The summed E-state index contributed by atoms with van der Waals surface area (Å²) in [4.78, 5) is 40.8. The molecule has 224 valence electrons. The Labute approximate surface area is 243 Å². The standard InChI is InChI=1S/C34H46F2N2O3/c1-27(2)12-14-34(38-26(41)33(9,35)36)15-13-31(7)30(6)11-10-21-28(3,4)25(40)20(19-37)17-29(21,5)22(30)16-24(39)32(31,8)23(34)18-27/h16-17,21,23H,10-15,18H2,1-9H3,(H,38,41)/t21-,23-,29-,30+,31-,32-,34-/m0/s1. The Balaban J connectivity index is 1.71. The number of hydrogen-bond donors (Lipinski definition) is 1. The van der Waals surface area contributed by atoms with Crippen LogP contribution in [0.25, 0.3) is 0 Å². The topological polar surface area (TPSA) is 87.0 Å². The van der Waals surface area contributed by atoms with E-state index in [1.165, 1.54) is 0 Å². The van der Waals surface area contributed by atoms with Crippen molar-refractivity contribution in [3.8, 4) is 6.07 Å². The molecule has 5 rings (SSSR count). The van der Waals surface area contributed by atoms with E-state index < -0.39 is 44.4 Å². The molecule has 41 heavy (non-hydrogen) atoms. The van der Waals surface area contributed by atoms with Crippen molar-refractivity contribution in [2.75, 3.05) is 0 Å². The first-order chi connectivity index (χ1) is 18.6. The SMILES string of the molecule is CC1(C)CC[C@]2(NC(=O)C(C)(F)F)CC[C@@]3(C)[C@]4(C)CC[C@H]5C(C)(C)C(=O)C(C#N)=C[C@]5(C)C4=CC(=O)[C@]3(C)[C@@H]2C1. The van der Waals surface area contributed by atoms with Gasteiger partial charge in [-0.05, 0) is 79.1 Å². The largest absolute Gasteiger partial charge is 0.345 e. The van der Waals surface area contributed by atoms with Gasteiger partial charge in [-0.15, -0.1) is 0 Å². The normalized spacial score (nSPS) is 44.6. The number of ketones is 2. The number of nitrogens with one attached hydrogen (secondary N) is 1. The highest BCUT2D eigenvalue weighted by Crippen LogP contribution is 2.76. The number of nitriles is 1. The van der Waals surface area contributed by atoms with E-state index in [0.29, 0.717) is 32.6 Å². The second kappa shape index (κ2) is 8.38. The van der Waals surface area contributed by atoms with Gasteiger partial charge in [0.2, 0.25) is 0 Å². The van der Waals surface area contributed by atoms with Crippen molar-refractivity contribution in [3.05, 3.63) is 23.3 Å². The second-order valence-electron chi connectivity index (χ2n) is 16.3. The fourth-order valence-corrected chi connectivity index (χ4v) is 10.7. The summed E-state index contributed by atoms with van der Waals surface area (Å²) in [7, 11) is 0. The zero-order chi connectivity index (χ0) is 30.8. The van der Waals surface area contributed by atoms with Gasteiger partial charge in [0.05, 0.1) is 5.57 Å². The molecule has 0 aromatic heterocycles. The third-order valence-electron chi connectivity index (χ3n) is 13.4. The maximum absolute atomic E-state index is 14.7. The summed E-state index contributed by atoms with van der Waals surface area (Å²) < 4.78 is 28.5. The lowest BCUT2D eigenvalue weighted by molar-refractivity contribution is -0.197. The molecule has 5 nitrogen and oxygen atoms in total. The summed E-state index contributed by atoms with van der Waals surface area (Å²) >= 11 is 0. The molecule has 5 aliphatic carbocycles. The smallest absolute Gasteiger partial charge is 0.321 e. The molecule has 0 heterocycles. The number of Topliss-reactive ketones (excluding diaryl/α,β-unsaturated/α-hetero) is 1. The van der Waals surface area contributed by atoms with E-state index in [1.807, 2.05) is 26.8 Å². The van der Waals surface area contributed by atoms with Crippen molar-refractivity contribution in [1.82, 2.24) is 5.32 Å². The van der Waals surface area contributed by atoms with Crippen molar-refractivity contribution >= 4 is 17.5 Å². The molecule has 0 radical (unpaired) electrons. The molecule has 1 amide bonds. The van der Waals surface area contributed by atoms with Crippen molar-refractivity contribution in [2.24, 2.45) is 44.3 Å². The van der Waals surface area contributed by atoms with Crippen molar-refractivity contribution in [2.45, 2.75) is 119 Å². The summed E-state index contributed by atoms with van der Waals surface area (Å²) in [6.45, 7) is 17.4. The predicted octanol–water partition coefficient (Wildman–Crippen LogP) is 7.12. The molecule has 0 bridgehead atoms. The first-order valence-corrected chi connectivity index (χ1v) is 15.2. The van der Waals surface area contributed by atoms with Gasteiger partial charge in [-0.25, -0.2) is 0 Å². The molecule has 0 aromatic rings. The molecule has 0 spiro atoms. The molecule has 7 atom stereocenters. The van der Waals surface area contributed by atoms with Gasteiger partial charge in [0, 0.05) is 28.7 Å². The molecule has 0 saturated heterocycles. The second-order valence-corrected chi connectivity index (χ2v) is 16.3. The molecule has 0 aliphatic heterocycles. The monoisotopic (exact) mass is 568 g/mol. The summed E-state index contributed by atoms with van der Waals surface area (Å²) in [6, 6.07) is 2.14. The molecule has 3 saturated carbocycles. The quantitative estimate of drug-likeness (QED) is 0.384. The summed E-state index contributed by atoms with van der Waals surface area (Å²) in [5.41, 5.74) is -3.09. The Bertz CT molecular complexity index is 1350. The predicted molar refractivity (Wildman–Crippen MR) is 153 cm³/mol. The van der Waals surface area contributed by atoms with Crippen LogP contribution in [0.2, 0.25) is 0 Å². The van der Waals surface area contributed by atoms with Crippen LogP contribution in [0.15, 0.2) is 23.3 Å². The average molecular weight is 569 g/mol. The number of allylic oxidation sites excluding steroid dienone is 4. The molecule has 5 aliphatic rings. The fourth-order valence-electron chi connectivity index (χ4n) is 10.7. The molecule has 0 unspecified atom stereocenters. The van der Waals surface area contributed by atoms with Crippen LogP contribution >= 0.6 is 0 Å². The number of alkyl halides is 2. The molecular weight excluding hydrogens is 522 g/mol. The minimum atomic E-state index is -3.51. The van der Waals surface area contributed by atoms with E-state index >= 15 is 0 Å². The van der Waals surface area contributed by atoms with Gasteiger partial charge in [0.15, 0.2) is 11.6 Å². The van der Waals surface area contributed by atoms with Crippen LogP contribution in [0.1, 0.15) is 107 Å². The number of carbonyl (C=O) groups is 3. The minimum absolute atomic E-state index is 0.0275. The highest BCUT2D eigenvalue weighted by Gasteiger charge is 2.74. The molecule has 1 N–H and O–H groups in total. The van der Waals surface area contributed by atoms with Crippen LogP contribution in [0, 0.1) is 55.7 Å². The maximum atomic E-state index is 14.7. The van der Waals surface area contributed by atoms with E-state index in [-0.39, 0.29) is 34.4 Å². The number of hydrogen-bond acceptors (Lipinski definition) is 4. The summed E-state index contributed by atoms with van der Waals surface area (Å²) in [5.74, 6) is -5.31. The lowest BCUT2D eigenvalue weighted by atomic mass is 9.31. The third-order valence-corrected chi connectivity index (χ3v) is 13.4. The molecule has 7 heteroatoms. The number of rotatable bonds is 2. The first kappa shape index (κ1) is 30.1. The third kappa shape index (κ3) is 3.64. The molecular formula is C34H46F2N2O3. The number of fused-ring (bicyclic) bond motifs is 7. The van der Waals surface area contributed by atoms with Gasteiger partial charge in [0.1, 0.15) is 6.07 Å². The lowest BCUT2D eigenvalue weighted by Gasteiger charge is -2.73. The van der Waals surface area contributed by atoms with E-state index in [4.69, 9.17) is 0 Å². The van der Waals surface area contributed by atoms with Crippen LogP contribution < -0.4 is 5.32 Å². The lowest BCUT2D eigenvalue weighted by Crippen LogP contribution is -2.74. The van der Waals surface area contributed by atoms with E-state index in [2.05, 4.69) is 46.0 Å². The Hall–Kier alpha value is -2.36. The van der Waals surface area contributed by atoms with Crippen LogP contribution in [-0.2, 0) is 14.4 Å². The van der Waals surface area contributed by atoms with Gasteiger partial charge >= 0.3 is 5.92 Å². The van der Waals surface area contributed by atoms with Gasteiger partial charge in [-0.1, -0.05) is 67.0 Å². The Morgan fingerprint density at radius 2 is 1.59 bits per heavy atom. The van der Waals surface area contributed by atoms with Crippen LogP contribution in [0.4, 0.5) is 8.78 Å². The number of nitrogens with zero attached hydrogens (tertiary/aromatic N) is 1. The van der Waals surface area contributed by atoms with Gasteiger partial charge < -0.3 is 5.32 Å². The number of amides is 1. The van der Waals surface area contributed by atoms with Gasteiger partial charge in [-0.3, -0.25) is 14.4 Å². The Kier molecular flexibility index (Phi) is 6.16. The van der Waals surface area contributed by atoms with E-state index in [1.54, 1.807) is 6.08 Å². The van der Waals surface area contributed by atoms with Gasteiger partial charge in [0.25, 0.3) is 5.91 Å². The van der Waals surface area contributed by atoms with Crippen molar-refractivity contribution in [1.29, 1.82) is 5.26 Å². The van der Waals surface area contributed by atoms with Crippen molar-refractivity contribution < 1.29 is 23.2 Å². The van der Waals surface area contributed by atoms with Crippen LogP contribution in [-0.4, -0.2) is 28.9 Å². The summed E-state index contributed by atoms with van der Waals surface area (Å²) in [5, 5.41) is 12.7. The zero-order valence-electron chi connectivity index (χ0n) is 26.2. The number of carbonyl (C=O) groups excluding carboxylic acids is 3. The highest BCUT2D eigenvalue weighted by molar-refractivity contribution is 6.05. The fraction of sp³-hybridized carbons (Fsp3) is 0.765. The molecule has 0 aromatic carbocycles. The molecule has 3 fully saturated rings. The van der Waals surface area contributed by atoms with Crippen LogP contribution in [0.3, 0.4) is 0 Å². The zero-order valence-corrected chi connectivity index (χ0v) is 26.2. The Morgan fingerprint density at radius 1 is 0.976 bits per heavy atom. The average Bonchev–Trinajstić information content (AvgIpc) is 2.85. The van der Waals surface area contributed by atoms with Crippen molar-refractivity contribution in [3.63, 3.8) is 0 Å². The Morgan fingerprint density at radius 3 is 2.17 bits per heavy atom. The number of halogens is 2. The van der Waals surface area contributed by atoms with Gasteiger partial charge in [-0.2, -0.15) is 14.0 Å². The summed E-state index contributed by atoms with van der Waals surface area (Å²) in [6.07, 6.45) is 8.32. The maximum Gasteiger partial charge on any atom is 0.321 e. The minimum Gasteiger partial charge on any atom is -0.345 e. The highest BCUT2D eigenvalue weighted by atomic mass is 19.3. The van der Waals surface area contributed by atoms with E-state index in [9.17, 15) is 28.4 Å².